The van der Waals surface area contributed by atoms with Crippen molar-refractivity contribution in [3.63, 3.8) is 0 Å². The second-order valence-electron chi connectivity index (χ2n) is 7.98. The summed E-state index contributed by atoms with van der Waals surface area (Å²) in [6, 6.07) is 21.0. The standard InChI is InChI=1S/C23H29N3S/c1-17-8-5-6-13-22(17)25-23(27)24-19-14-20-11-7-12-21(15-19)26(20)16-18-9-3-2-4-10-18/h2-6,8-10,13,19-21H,7,11-12,14-16H2,1H3,(H2,24,25,27)/t20-,21-/m0/s1. The predicted molar refractivity (Wildman–Crippen MR) is 117 cm³/mol. The van der Waals surface area contributed by atoms with E-state index in [0.29, 0.717) is 18.1 Å². The molecule has 0 spiro atoms. The van der Waals surface area contributed by atoms with Crippen LogP contribution in [0.4, 0.5) is 5.69 Å². The van der Waals surface area contributed by atoms with E-state index >= 15 is 0 Å². The minimum atomic E-state index is 0.469. The number of benzene rings is 2. The van der Waals surface area contributed by atoms with Crippen molar-refractivity contribution in [2.24, 2.45) is 0 Å². The number of hydrogen-bond donors (Lipinski definition) is 2. The Morgan fingerprint density at radius 2 is 1.67 bits per heavy atom. The lowest BCUT2D eigenvalue weighted by molar-refractivity contribution is 0.0212. The minimum Gasteiger partial charge on any atom is -0.360 e. The molecule has 0 aromatic heterocycles. The molecule has 2 heterocycles. The van der Waals surface area contributed by atoms with E-state index in [-0.39, 0.29) is 0 Å². The van der Waals surface area contributed by atoms with Crippen molar-refractivity contribution in [1.29, 1.82) is 0 Å². The van der Waals surface area contributed by atoms with E-state index in [1.54, 1.807) is 0 Å². The van der Waals surface area contributed by atoms with Crippen molar-refractivity contribution in [3.05, 3.63) is 65.7 Å². The molecule has 2 aromatic carbocycles. The van der Waals surface area contributed by atoms with Crippen LogP contribution < -0.4 is 10.6 Å². The van der Waals surface area contributed by atoms with Gasteiger partial charge in [0.2, 0.25) is 0 Å². The number of anilines is 1. The lowest BCUT2D eigenvalue weighted by Crippen LogP contribution is -2.56. The molecule has 2 atom stereocenters. The lowest BCUT2D eigenvalue weighted by Gasteiger charge is -2.49. The first-order chi connectivity index (χ1) is 13.2. The molecule has 27 heavy (non-hydrogen) atoms. The van der Waals surface area contributed by atoms with Crippen LogP contribution in [-0.2, 0) is 6.54 Å². The summed E-state index contributed by atoms with van der Waals surface area (Å²) in [5.74, 6) is 0. The van der Waals surface area contributed by atoms with Gasteiger partial charge in [-0.2, -0.15) is 0 Å². The molecule has 0 aliphatic carbocycles. The van der Waals surface area contributed by atoms with E-state index in [1.165, 1.54) is 43.2 Å². The third kappa shape index (κ3) is 4.50. The zero-order valence-electron chi connectivity index (χ0n) is 16.0. The molecule has 2 bridgehead atoms. The predicted octanol–water partition coefficient (Wildman–Crippen LogP) is 4.87. The first-order valence-electron chi connectivity index (χ1n) is 10.1. The van der Waals surface area contributed by atoms with Crippen LogP contribution in [0.2, 0.25) is 0 Å². The van der Waals surface area contributed by atoms with E-state index in [4.69, 9.17) is 12.2 Å². The Morgan fingerprint density at radius 3 is 2.37 bits per heavy atom. The van der Waals surface area contributed by atoms with Gasteiger partial charge >= 0.3 is 0 Å². The average molecular weight is 380 g/mol. The van der Waals surface area contributed by atoms with Crippen LogP contribution in [0.3, 0.4) is 0 Å². The highest BCUT2D eigenvalue weighted by molar-refractivity contribution is 7.80. The molecule has 142 valence electrons. The molecule has 0 amide bonds. The van der Waals surface area contributed by atoms with E-state index in [0.717, 1.165) is 17.3 Å². The maximum atomic E-state index is 5.61. The molecule has 2 aliphatic rings. The Labute approximate surface area is 168 Å². The van der Waals surface area contributed by atoms with Gasteiger partial charge in [0.1, 0.15) is 0 Å². The Balaban J connectivity index is 1.37. The van der Waals surface area contributed by atoms with E-state index < -0.39 is 0 Å². The number of piperidine rings is 2. The third-order valence-electron chi connectivity index (χ3n) is 6.06. The lowest BCUT2D eigenvalue weighted by atomic mass is 9.81. The van der Waals surface area contributed by atoms with Crippen molar-refractivity contribution in [2.75, 3.05) is 5.32 Å². The fourth-order valence-electron chi connectivity index (χ4n) is 4.71. The minimum absolute atomic E-state index is 0.469. The van der Waals surface area contributed by atoms with Gasteiger partial charge < -0.3 is 10.6 Å². The summed E-state index contributed by atoms with van der Waals surface area (Å²) in [6.45, 7) is 3.19. The first kappa shape index (κ1) is 18.5. The maximum Gasteiger partial charge on any atom is 0.171 e. The van der Waals surface area contributed by atoms with Gasteiger partial charge in [0.15, 0.2) is 5.11 Å². The van der Waals surface area contributed by atoms with Crippen molar-refractivity contribution in [1.82, 2.24) is 10.2 Å². The van der Waals surface area contributed by atoms with Gasteiger partial charge in [-0.15, -0.1) is 0 Å². The highest BCUT2D eigenvalue weighted by Crippen LogP contribution is 2.35. The first-order valence-corrected chi connectivity index (χ1v) is 10.5. The Bertz CT molecular complexity index is 762. The van der Waals surface area contributed by atoms with Crippen molar-refractivity contribution >= 4 is 23.0 Å². The molecule has 2 aromatic rings. The third-order valence-corrected chi connectivity index (χ3v) is 6.28. The molecular weight excluding hydrogens is 350 g/mol. The number of fused-ring (bicyclic) bond motifs is 2. The van der Waals surface area contributed by atoms with E-state index in [9.17, 15) is 0 Å². The van der Waals surface area contributed by atoms with Gasteiger partial charge in [0, 0.05) is 30.4 Å². The SMILES string of the molecule is Cc1ccccc1NC(=S)NC1C[C@@H]2CCC[C@@H](C1)N2Cc1ccccc1. The largest absolute Gasteiger partial charge is 0.360 e. The Morgan fingerprint density at radius 1 is 1.00 bits per heavy atom. The number of rotatable bonds is 4. The number of nitrogens with zero attached hydrogens (tertiary/aromatic N) is 1. The molecule has 3 nitrogen and oxygen atoms in total. The van der Waals surface area contributed by atoms with Crippen LogP contribution in [-0.4, -0.2) is 28.1 Å². The number of para-hydroxylation sites is 1. The zero-order chi connectivity index (χ0) is 18.6. The van der Waals surface area contributed by atoms with Gasteiger partial charge in [-0.1, -0.05) is 55.0 Å². The maximum absolute atomic E-state index is 5.61. The summed E-state index contributed by atoms with van der Waals surface area (Å²) >= 11 is 5.61. The molecule has 4 rings (SSSR count). The van der Waals surface area contributed by atoms with Crippen LogP contribution >= 0.6 is 12.2 Å². The summed E-state index contributed by atoms with van der Waals surface area (Å²) in [5, 5.41) is 7.74. The van der Waals surface area contributed by atoms with Gasteiger partial charge in [0.05, 0.1) is 0 Å². The summed E-state index contributed by atoms with van der Waals surface area (Å²) in [4.78, 5) is 2.74. The Hall–Kier alpha value is -1.91. The number of nitrogens with one attached hydrogen (secondary N) is 2. The number of hydrogen-bond acceptors (Lipinski definition) is 2. The fourth-order valence-corrected chi connectivity index (χ4v) is 4.98. The van der Waals surface area contributed by atoms with Gasteiger partial charge in [-0.3, -0.25) is 4.90 Å². The molecule has 0 saturated carbocycles. The topological polar surface area (TPSA) is 27.3 Å². The number of aryl methyl sites for hydroxylation is 1. The molecule has 2 N–H and O–H groups in total. The molecular formula is C23H29N3S. The second kappa shape index (κ2) is 8.41. The van der Waals surface area contributed by atoms with E-state index in [1.807, 2.05) is 6.07 Å². The fraction of sp³-hybridized carbons (Fsp3) is 0.435. The monoisotopic (exact) mass is 379 g/mol. The molecule has 2 aliphatic heterocycles. The summed E-state index contributed by atoms with van der Waals surface area (Å²) < 4.78 is 0. The highest BCUT2D eigenvalue weighted by atomic mass is 32.1. The molecule has 0 unspecified atom stereocenters. The van der Waals surface area contributed by atoms with Gasteiger partial charge in [-0.25, -0.2) is 0 Å². The van der Waals surface area contributed by atoms with Crippen molar-refractivity contribution in [3.8, 4) is 0 Å². The smallest absolute Gasteiger partial charge is 0.171 e. The Kier molecular flexibility index (Phi) is 5.74. The van der Waals surface area contributed by atoms with Crippen LogP contribution in [0.25, 0.3) is 0 Å². The van der Waals surface area contributed by atoms with E-state index in [2.05, 4.69) is 71.0 Å². The van der Waals surface area contributed by atoms with Crippen LogP contribution in [0.15, 0.2) is 54.6 Å². The molecule has 2 fully saturated rings. The molecule has 4 heteroatoms. The summed E-state index contributed by atoms with van der Waals surface area (Å²) in [5.41, 5.74) is 3.74. The number of thiocarbonyl (C=S) groups is 1. The quantitative estimate of drug-likeness (QED) is 0.742. The van der Waals surface area contributed by atoms with Gasteiger partial charge in [-0.05, 0) is 62.0 Å². The van der Waals surface area contributed by atoms with Crippen molar-refractivity contribution < 1.29 is 0 Å². The van der Waals surface area contributed by atoms with Crippen molar-refractivity contribution in [2.45, 2.75) is 63.7 Å². The highest BCUT2D eigenvalue weighted by Gasteiger charge is 2.38. The zero-order valence-corrected chi connectivity index (χ0v) is 16.8. The summed E-state index contributed by atoms with van der Waals surface area (Å²) in [6.07, 6.45) is 6.33. The molecule has 2 saturated heterocycles. The van der Waals surface area contributed by atoms with Crippen LogP contribution in [0.5, 0.6) is 0 Å². The molecule has 0 radical (unpaired) electrons. The second-order valence-corrected chi connectivity index (χ2v) is 8.39. The normalized spacial score (nSPS) is 25.0. The summed E-state index contributed by atoms with van der Waals surface area (Å²) in [7, 11) is 0. The van der Waals surface area contributed by atoms with Crippen LogP contribution in [0.1, 0.15) is 43.2 Å². The average Bonchev–Trinajstić information content (AvgIpc) is 2.65. The van der Waals surface area contributed by atoms with Crippen LogP contribution in [0, 0.1) is 6.92 Å². The van der Waals surface area contributed by atoms with Gasteiger partial charge in [0.25, 0.3) is 0 Å².